The normalized spacial score (nSPS) is 10.7. The van der Waals surface area contributed by atoms with Gasteiger partial charge in [0.25, 0.3) is 0 Å². The van der Waals surface area contributed by atoms with Crippen LogP contribution in [0.25, 0.3) is 10.9 Å². The molecule has 0 bridgehead atoms. The van der Waals surface area contributed by atoms with Crippen molar-refractivity contribution < 1.29 is 4.74 Å². The van der Waals surface area contributed by atoms with Gasteiger partial charge in [-0.15, -0.1) is 0 Å². The number of aryl methyl sites for hydroxylation is 2. The molecule has 0 radical (unpaired) electrons. The van der Waals surface area contributed by atoms with Crippen LogP contribution in [0.4, 0.5) is 0 Å². The minimum atomic E-state index is 0.578. The summed E-state index contributed by atoms with van der Waals surface area (Å²) in [6.07, 6.45) is 1.81. The van der Waals surface area contributed by atoms with Crippen LogP contribution in [0.3, 0.4) is 0 Å². The van der Waals surface area contributed by atoms with E-state index in [9.17, 15) is 0 Å². The van der Waals surface area contributed by atoms with Crippen molar-refractivity contribution >= 4 is 10.9 Å². The minimum absolute atomic E-state index is 0.578. The van der Waals surface area contributed by atoms with Gasteiger partial charge in [0, 0.05) is 11.6 Å². The third-order valence-electron chi connectivity index (χ3n) is 3.41. The van der Waals surface area contributed by atoms with Crippen LogP contribution < -0.4 is 4.74 Å². The molecule has 0 amide bonds. The molecule has 2 aromatic carbocycles. The van der Waals surface area contributed by atoms with Crippen molar-refractivity contribution in [3.63, 3.8) is 0 Å². The van der Waals surface area contributed by atoms with Gasteiger partial charge in [-0.1, -0.05) is 24.3 Å². The van der Waals surface area contributed by atoms with Gasteiger partial charge < -0.3 is 4.74 Å². The van der Waals surface area contributed by atoms with Crippen LogP contribution in [-0.4, -0.2) is 4.98 Å². The lowest BCUT2D eigenvalue weighted by Crippen LogP contribution is -1.97. The van der Waals surface area contributed by atoms with Crippen molar-refractivity contribution in [2.24, 2.45) is 0 Å². The summed E-state index contributed by atoms with van der Waals surface area (Å²) in [5.41, 5.74) is 4.56. The lowest BCUT2D eigenvalue weighted by atomic mass is 10.1. The average Bonchev–Trinajstić information content (AvgIpc) is 2.48. The molecule has 1 heterocycles. The van der Waals surface area contributed by atoms with Crippen molar-refractivity contribution in [2.75, 3.05) is 0 Å². The Bertz CT molecular complexity index is 749. The first-order chi connectivity index (χ1) is 9.72. The number of ether oxygens (including phenoxy) is 1. The molecule has 100 valence electrons. The van der Waals surface area contributed by atoms with Gasteiger partial charge in [0.2, 0.25) is 0 Å². The molecular formula is C18H17NO. The molecule has 2 heteroatoms. The van der Waals surface area contributed by atoms with Gasteiger partial charge in [-0.2, -0.15) is 0 Å². The third-order valence-corrected chi connectivity index (χ3v) is 3.41. The molecule has 0 atom stereocenters. The van der Waals surface area contributed by atoms with E-state index in [4.69, 9.17) is 4.74 Å². The predicted octanol–water partition coefficient (Wildman–Crippen LogP) is 4.43. The summed E-state index contributed by atoms with van der Waals surface area (Å²) in [5, 5.41) is 1.15. The molecule has 2 nitrogen and oxygen atoms in total. The van der Waals surface area contributed by atoms with E-state index in [1.54, 1.807) is 0 Å². The maximum absolute atomic E-state index is 5.93. The summed E-state index contributed by atoms with van der Waals surface area (Å²) >= 11 is 0. The Kier molecular flexibility index (Phi) is 3.38. The van der Waals surface area contributed by atoms with Crippen LogP contribution >= 0.6 is 0 Å². The molecule has 0 fully saturated rings. The molecule has 0 aliphatic heterocycles. The zero-order valence-corrected chi connectivity index (χ0v) is 11.8. The van der Waals surface area contributed by atoms with E-state index in [2.05, 4.69) is 55.2 Å². The molecule has 1 aromatic heterocycles. The van der Waals surface area contributed by atoms with Crippen LogP contribution in [0.1, 0.15) is 16.7 Å². The highest BCUT2D eigenvalue weighted by molar-refractivity contribution is 5.78. The fourth-order valence-electron chi connectivity index (χ4n) is 2.24. The molecule has 0 unspecified atom stereocenters. The van der Waals surface area contributed by atoms with Crippen LogP contribution in [0.2, 0.25) is 0 Å². The number of hydrogen-bond acceptors (Lipinski definition) is 2. The molecule has 0 spiro atoms. The van der Waals surface area contributed by atoms with Gasteiger partial charge in [-0.25, -0.2) is 0 Å². The third kappa shape index (κ3) is 2.64. The van der Waals surface area contributed by atoms with Crippen LogP contribution in [0.15, 0.2) is 54.7 Å². The lowest BCUT2D eigenvalue weighted by Gasteiger charge is -2.10. The molecule has 0 saturated carbocycles. The number of hydrogen-bond donors (Lipinski definition) is 0. The first kappa shape index (κ1) is 12.7. The van der Waals surface area contributed by atoms with E-state index in [1.165, 1.54) is 5.56 Å². The summed E-state index contributed by atoms with van der Waals surface area (Å²) < 4.78 is 5.93. The summed E-state index contributed by atoms with van der Waals surface area (Å²) in [6, 6.07) is 16.5. The van der Waals surface area contributed by atoms with Crippen molar-refractivity contribution in [1.82, 2.24) is 4.98 Å². The Morgan fingerprint density at radius 3 is 2.80 bits per heavy atom. The zero-order valence-electron chi connectivity index (χ0n) is 11.8. The maximum atomic E-state index is 5.93. The van der Waals surface area contributed by atoms with Crippen molar-refractivity contribution in [3.05, 3.63) is 71.4 Å². The number of benzene rings is 2. The maximum Gasteiger partial charge on any atom is 0.122 e. The molecule has 0 aliphatic carbocycles. The number of pyridine rings is 1. The molecule has 0 saturated heterocycles. The number of nitrogens with zero attached hydrogens (tertiary/aromatic N) is 1. The highest BCUT2D eigenvalue weighted by Crippen LogP contribution is 2.21. The predicted molar refractivity (Wildman–Crippen MR) is 82.0 cm³/mol. The number of fused-ring (bicyclic) bond motifs is 1. The van der Waals surface area contributed by atoms with Crippen LogP contribution in [-0.2, 0) is 6.61 Å². The fourth-order valence-corrected chi connectivity index (χ4v) is 2.24. The number of aromatic nitrogens is 1. The van der Waals surface area contributed by atoms with Gasteiger partial charge in [0.1, 0.15) is 12.4 Å². The second kappa shape index (κ2) is 5.33. The van der Waals surface area contributed by atoms with E-state index in [-0.39, 0.29) is 0 Å². The lowest BCUT2D eigenvalue weighted by molar-refractivity contribution is 0.304. The molecular weight excluding hydrogens is 246 g/mol. The fraction of sp³-hybridized carbons (Fsp3) is 0.167. The van der Waals surface area contributed by atoms with E-state index >= 15 is 0 Å². The molecule has 0 N–H and O–H groups in total. The van der Waals surface area contributed by atoms with Gasteiger partial charge in [-0.3, -0.25) is 4.98 Å². The van der Waals surface area contributed by atoms with Gasteiger partial charge in [0.15, 0.2) is 0 Å². The van der Waals surface area contributed by atoms with Crippen LogP contribution in [0, 0.1) is 13.8 Å². The smallest absolute Gasteiger partial charge is 0.122 e. The molecule has 3 rings (SSSR count). The highest BCUT2D eigenvalue weighted by atomic mass is 16.5. The highest BCUT2D eigenvalue weighted by Gasteiger charge is 2.02. The first-order valence-electron chi connectivity index (χ1n) is 6.76. The Labute approximate surface area is 119 Å². The zero-order chi connectivity index (χ0) is 13.9. The Morgan fingerprint density at radius 1 is 1.00 bits per heavy atom. The topological polar surface area (TPSA) is 22.1 Å². The Morgan fingerprint density at radius 2 is 1.90 bits per heavy atom. The van der Waals surface area contributed by atoms with Crippen molar-refractivity contribution in [2.45, 2.75) is 20.5 Å². The Balaban J connectivity index is 1.81. The number of rotatable bonds is 3. The Hall–Kier alpha value is -2.35. The monoisotopic (exact) mass is 263 g/mol. The van der Waals surface area contributed by atoms with E-state index in [0.717, 1.165) is 27.8 Å². The van der Waals surface area contributed by atoms with Gasteiger partial charge in [-0.05, 0) is 54.8 Å². The largest absolute Gasteiger partial charge is 0.489 e. The van der Waals surface area contributed by atoms with Crippen molar-refractivity contribution in [3.8, 4) is 5.75 Å². The molecule has 0 aliphatic rings. The van der Waals surface area contributed by atoms with Crippen molar-refractivity contribution in [1.29, 1.82) is 0 Å². The first-order valence-corrected chi connectivity index (χ1v) is 6.76. The summed E-state index contributed by atoms with van der Waals surface area (Å²) in [7, 11) is 0. The van der Waals surface area contributed by atoms with Gasteiger partial charge in [0.05, 0.1) is 5.52 Å². The SMILES string of the molecule is Cc1ccc(C)c(OCc2ccc3ncccc3c2)c1. The van der Waals surface area contributed by atoms with E-state index in [0.29, 0.717) is 6.61 Å². The second-order valence-electron chi connectivity index (χ2n) is 5.09. The van der Waals surface area contributed by atoms with E-state index in [1.807, 2.05) is 18.3 Å². The van der Waals surface area contributed by atoms with Crippen LogP contribution in [0.5, 0.6) is 5.75 Å². The quantitative estimate of drug-likeness (QED) is 0.697. The van der Waals surface area contributed by atoms with Gasteiger partial charge >= 0.3 is 0 Å². The average molecular weight is 263 g/mol. The van der Waals surface area contributed by atoms with E-state index < -0.39 is 0 Å². The molecule has 3 aromatic rings. The molecule has 20 heavy (non-hydrogen) atoms. The minimum Gasteiger partial charge on any atom is -0.489 e. The summed E-state index contributed by atoms with van der Waals surface area (Å²) in [4.78, 5) is 4.33. The summed E-state index contributed by atoms with van der Waals surface area (Å²) in [6.45, 7) is 4.72. The standard InChI is InChI=1S/C18H17NO/c1-13-5-6-14(2)18(10-13)20-12-15-7-8-17-16(11-15)4-3-9-19-17/h3-11H,12H2,1-2H3. The summed E-state index contributed by atoms with van der Waals surface area (Å²) in [5.74, 6) is 0.955. The second-order valence-corrected chi connectivity index (χ2v) is 5.09.